The molecule has 0 fully saturated rings. The molecule has 4 nitrogen and oxygen atoms in total. The quantitative estimate of drug-likeness (QED) is 0.730. The lowest BCUT2D eigenvalue weighted by molar-refractivity contribution is -0.123. The number of ether oxygens (including phenoxy) is 1. The van der Waals surface area contributed by atoms with Crippen LogP contribution in [0, 0.1) is 0 Å². The molecular weight excluding hydrogens is 192 g/mol. The van der Waals surface area contributed by atoms with Gasteiger partial charge >= 0.3 is 0 Å². The van der Waals surface area contributed by atoms with Gasteiger partial charge in [0.25, 0.3) is 0 Å². The molecule has 4 heteroatoms. The predicted octanol–water partition coefficient (Wildman–Crippen LogP) is 0.276. The summed E-state index contributed by atoms with van der Waals surface area (Å²) in [6.45, 7) is 0.708. The number of carbonyl (C=O) groups is 1. The lowest BCUT2D eigenvalue weighted by atomic mass is 10.2. The van der Waals surface area contributed by atoms with Crippen molar-refractivity contribution in [2.24, 2.45) is 5.73 Å². The number of rotatable bonds is 5. The number of nitrogens with two attached hydrogens (primary N) is 1. The lowest BCUT2D eigenvalue weighted by Gasteiger charge is -2.10. The fourth-order valence-corrected chi connectivity index (χ4v) is 1.14. The first-order valence-electron chi connectivity index (χ1n) is 4.83. The minimum Gasteiger partial charge on any atom is -0.375 e. The molecule has 1 aromatic carbocycles. The summed E-state index contributed by atoms with van der Waals surface area (Å²) in [6.07, 6.45) is 0. The van der Waals surface area contributed by atoms with Crippen LogP contribution in [0.4, 0.5) is 0 Å². The summed E-state index contributed by atoms with van der Waals surface area (Å²) < 4.78 is 5.32. The van der Waals surface area contributed by atoms with E-state index in [1.54, 1.807) is 7.05 Å². The standard InChI is InChI=1S/C11H16N2O2/c1-13-11(14)10(12)8-15-7-9-5-3-2-4-6-9/h2-6,10H,7-8,12H2,1H3,(H,13,14). The third kappa shape index (κ3) is 4.10. The lowest BCUT2D eigenvalue weighted by Crippen LogP contribution is -2.42. The van der Waals surface area contributed by atoms with Crippen molar-refractivity contribution >= 4 is 5.91 Å². The van der Waals surface area contributed by atoms with Gasteiger partial charge in [-0.2, -0.15) is 0 Å². The number of likely N-dealkylation sites (N-methyl/N-ethyl adjacent to an activating group) is 1. The summed E-state index contributed by atoms with van der Waals surface area (Å²) in [5.74, 6) is -0.205. The first-order chi connectivity index (χ1) is 7.24. The molecule has 82 valence electrons. The van der Waals surface area contributed by atoms with E-state index in [0.29, 0.717) is 6.61 Å². The van der Waals surface area contributed by atoms with Gasteiger partial charge in [0.1, 0.15) is 6.04 Å². The molecule has 1 amide bonds. The molecule has 0 aliphatic heterocycles. The second-order valence-corrected chi connectivity index (χ2v) is 3.22. The molecule has 1 rings (SSSR count). The maximum absolute atomic E-state index is 11.0. The Labute approximate surface area is 89.4 Å². The van der Waals surface area contributed by atoms with Crippen LogP contribution in [0.25, 0.3) is 0 Å². The molecule has 0 radical (unpaired) electrons. The summed E-state index contributed by atoms with van der Waals surface area (Å²) in [7, 11) is 1.55. The molecule has 1 aromatic rings. The van der Waals surface area contributed by atoms with Gasteiger partial charge < -0.3 is 15.8 Å². The second-order valence-electron chi connectivity index (χ2n) is 3.22. The monoisotopic (exact) mass is 208 g/mol. The Morgan fingerprint density at radius 3 is 2.73 bits per heavy atom. The van der Waals surface area contributed by atoms with E-state index in [4.69, 9.17) is 10.5 Å². The molecule has 0 aliphatic carbocycles. The van der Waals surface area contributed by atoms with E-state index in [0.717, 1.165) is 5.56 Å². The van der Waals surface area contributed by atoms with E-state index in [2.05, 4.69) is 5.32 Å². The van der Waals surface area contributed by atoms with Gasteiger partial charge in [0.15, 0.2) is 0 Å². The van der Waals surface area contributed by atoms with Crippen molar-refractivity contribution < 1.29 is 9.53 Å². The van der Waals surface area contributed by atoms with Gasteiger partial charge in [-0.15, -0.1) is 0 Å². The van der Waals surface area contributed by atoms with Crippen molar-refractivity contribution in [2.75, 3.05) is 13.7 Å². The van der Waals surface area contributed by atoms with E-state index in [9.17, 15) is 4.79 Å². The van der Waals surface area contributed by atoms with E-state index in [1.807, 2.05) is 30.3 Å². The molecule has 0 aromatic heterocycles. The van der Waals surface area contributed by atoms with Crippen molar-refractivity contribution in [1.29, 1.82) is 0 Å². The number of hydrogen-bond donors (Lipinski definition) is 2. The first-order valence-corrected chi connectivity index (χ1v) is 4.83. The number of amides is 1. The first kappa shape index (κ1) is 11.7. The van der Waals surface area contributed by atoms with Crippen molar-refractivity contribution in [3.63, 3.8) is 0 Å². The van der Waals surface area contributed by atoms with E-state index in [1.165, 1.54) is 0 Å². The van der Waals surface area contributed by atoms with Crippen LogP contribution in [0.1, 0.15) is 5.56 Å². The van der Waals surface area contributed by atoms with Crippen molar-refractivity contribution in [3.05, 3.63) is 35.9 Å². The molecule has 1 unspecified atom stereocenters. The molecule has 3 N–H and O–H groups in total. The van der Waals surface area contributed by atoms with Crippen LogP contribution in [0.3, 0.4) is 0 Å². The summed E-state index contributed by atoms with van der Waals surface area (Å²) in [5, 5.41) is 2.47. The molecule has 0 heterocycles. The van der Waals surface area contributed by atoms with E-state index >= 15 is 0 Å². The number of benzene rings is 1. The molecule has 0 spiro atoms. The zero-order valence-corrected chi connectivity index (χ0v) is 8.77. The van der Waals surface area contributed by atoms with Crippen LogP contribution in [-0.2, 0) is 16.1 Å². The van der Waals surface area contributed by atoms with Gasteiger partial charge in [0.05, 0.1) is 13.2 Å². The molecule has 0 aliphatic rings. The highest BCUT2D eigenvalue weighted by Gasteiger charge is 2.10. The highest BCUT2D eigenvalue weighted by Crippen LogP contribution is 2.00. The largest absolute Gasteiger partial charge is 0.375 e. The summed E-state index contributed by atoms with van der Waals surface area (Å²) in [6, 6.07) is 9.16. The molecule has 15 heavy (non-hydrogen) atoms. The van der Waals surface area contributed by atoms with E-state index < -0.39 is 6.04 Å². The molecular formula is C11H16N2O2. The average molecular weight is 208 g/mol. The summed E-state index contributed by atoms with van der Waals surface area (Å²) in [4.78, 5) is 11.0. The number of carbonyl (C=O) groups excluding carboxylic acids is 1. The van der Waals surface area contributed by atoms with Crippen LogP contribution < -0.4 is 11.1 Å². The van der Waals surface area contributed by atoms with Crippen LogP contribution in [0.5, 0.6) is 0 Å². The Bertz CT molecular complexity index is 301. The normalized spacial score (nSPS) is 12.1. The van der Waals surface area contributed by atoms with Crippen LogP contribution in [0.15, 0.2) is 30.3 Å². The average Bonchev–Trinajstić information content (AvgIpc) is 2.29. The maximum atomic E-state index is 11.0. The van der Waals surface area contributed by atoms with Crippen LogP contribution >= 0.6 is 0 Å². The molecule has 1 atom stereocenters. The number of nitrogens with one attached hydrogen (secondary N) is 1. The van der Waals surface area contributed by atoms with Gasteiger partial charge in [0, 0.05) is 7.05 Å². The van der Waals surface area contributed by atoms with Crippen molar-refractivity contribution in [2.45, 2.75) is 12.6 Å². The highest BCUT2D eigenvalue weighted by molar-refractivity contribution is 5.81. The Hall–Kier alpha value is -1.39. The fourth-order valence-electron chi connectivity index (χ4n) is 1.14. The molecule has 0 saturated carbocycles. The fraction of sp³-hybridized carbons (Fsp3) is 0.364. The summed E-state index contributed by atoms with van der Waals surface area (Å²) in [5.41, 5.74) is 6.63. The van der Waals surface area contributed by atoms with Gasteiger partial charge in [-0.05, 0) is 5.56 Å². The van der Waals surface area contributed by atoms with Gasteiger partial charge in [0.2, 0.25) is 5.91 Å². The highest BCUT2D eigenvalue weighted by atomic mass is 16.5. The maximum Gasteiger partial charge on any atom is 0.239 e. The van der Waals surface area contributed by atoms with Gasteiger partial charge in [-0.25, -0.2) is 0 Å². The third-order valence-electron chi connectivity index (χ3n) is 1.99. The molecule has 0 saturated heterocycles. The Morgan fingerprint density at radius 1 is 1.47 bits per heavy atom. The third-order valence-corrected chi connectivity index (χ3v) is 1.99. The van der Waals surface area contributed by atoms with Crippen LogP contribution in [-0.4, -0.2) is 25.6 Å². The predicted molar refractivity (Wildman–Crippen MR) is 58.1 cm³/mol. The minimum absolute atomic E-state index is 0.205. The topological polar surface area (TPSA) is 64.4 Å². The molecule has 0 bridgehead atoms. The SMILES string of the molecule is CNC(=O)C(N)COCc1ccccc1. The second kappa shape index (κ2) is 6.16. The Morgan fingerprint density at radius 2 is 2.13 bits per heavy atom. The van der Waals surface area contributed by atoms with Gasteiger partial charge in [-0.3, -0.25) is 4.79 Å². The zero-order chi connectivity index (χ0) is 11.1. The minimum atomic E-state index is -0.598. The van der Waals surface area contributed by atoms with Crippen molar-refractivity contribution in [1.82, 2.24) is 5.32 Å². The number of hydrogen-bond acceptors (Lipinski definition) is 3. The summed E-state index contributed by atoms with van der Waals surface area (Å²) >= 11 is 0. The van der Waals surface area contributed by atoms with Crippen molar-refractivity contribution in [3.8, 4) is 0 Å². The van der Waals surface area contributed by atoms with Crippen LogP contribution in [0.2, 0.25) is 0 Å². The Kier molecular flexibility index (Phi) is 4.80. The van der Waals surface area contributed by atoms with Gasteiger partial charge in [-0.1, -0.05) is 30.3 Å². The van der Waals surface area contributed by atoms with E-state index in [-0.39, 0.29) is 12.5 Å². The Balaban J connectivity index is 2.25. The smallest absolute Gasteiger partial charge is 0.239 e. The zero-order valence-electron chi connectivity index (χ0n) is 8.77.